The Morgan fingerprint density at radius 2 is 1.61 bits per heavy atom. The predicted octanol–water partition coefficient (Wildman–Crippen LogP) is 4.44. The van der Waals surface area contributed by atoms with Gasteiger partial charge in [-0.15, -0.1) is 0 Å². The standard InChI is InChI=1S/C24H31NO3/c1-18(2)25(19(3)4)16-22(26)17-28-23-13-10-20(11-14-23)12-15-24(27)21-8-6-5-7-9-21/h5-15,18-19,22,26H,16-17H2,1-4H3/b15-12+. The molecule has 0 fully saturated rings. The van der Waals surface area contributed by atoms with Gasteiger partial charge in [0.2, 0.25) is 0 Å². The first-order valence-electron chi connectivity index (χ1n) is 9.81. The highest BCUT2D eigenvalue weighted by molar-refractivity contribution is 6.06. The van der Waals surface area contributed by atoms with Crippen molar-refractivity contribution >= 4 is 11.9 Å². The van der Waals surface area contributed by atoms with Crippen molar-refractivity contribution in [2.24, 2.45) is 0 Å². The summed E-state index contributed by atoms with van der Waals surface area (Å²) in [7, 11) is 0. The molecule has 1 unspecified atom stereocenters. The van der Waals surface area contributed by atoms with Gasteiger partial charge in [0.05, 0.1) is 0 Å². The zero-order valence-electron chi connectivity index (χ0n) is 17.2. The van der Waals surface area contributed by atoms with Crippen LogP contribution in [-0.4, -0.2) is 47.1 Å². The summed E-state index contributed by atoms with van der Waals surface area (Å²) in [6, 6.07) is 17.4. The summed E-state index contributed by atoms with van der Waals surface area (Å²) in [5.41, 5.74) is 1.59. The lowest BCUT2D eigenvalue weighted by Crippen LogP contribution is -2.43. The van der Waals surface area contributed by atoms with E-state index >= 15 is 0 Å². The van der Waals surface area contributed by atoms with Crippen LogP contribution in [0.1, 0.15) is 43.6 Å². The molecule has 1 atom stereocenters. The highest BCUT2D eigenvalue weighted by atomic mass is 16.5. The maximum Gasteiger partial charge on any atom is 0.185 e. The molecule has 0 amide bonds. The Labute approximate surface area is 168 Å². The Hall–Kier alpha value is -2.43. The summed E-state index contributed by atoms with van der Waals surface area (Å²) in [6.07, 6.45) is 2.81. The van der Waals surface area contributed by atoms with E-state index in [0.29, 0.717) is 29.9 Å². The lowest BCUT2D eigenvalue weighted by atomic mass is 10.1. The zero-order valence-corrected chi connectivity index (χ0v) is 17.2. The first-order chi connectivity index (χ1) is 13.4. The van der Waals surface area contributed by atoms with Crippen LogP contribution in [0.4, 0.5) is 0 Å². The number of aliphatic hydroxyl groups is 1. The Morgan fingerprint density at radius 3 is 2.18 bits per heavy atom. The second-order valence-electron chi connectivity index (χ2n) is 7.48. The van der Waals surface area contributed by atoms with Gasteiger partial charge in [0.1, 0.15) is 18.5 Å². The van der Waals surface area contributed by atoms with Gasteiger partial charge in [-0.2, -0.15) is 0 Å². The third-order valence-electron chi connectivity index (χ3n) is 4.56. The first kappa shape index (κ1) is 21.9. The fourth-order valence-electron chi connectivity index (χ4n) is 3.05. The summed E-state index contributed by atoms with van der Waals surface area (Å²) in [6.45, 7) is 9.34. The van der Waals surface area contributed by atoms with Gasteiger partial charge in [-0.05, 0) is 51.5 Å². The van der Waals surface area contributed by atoms with Crippen LogP contribution in [0, 0.1) is 0 Å². The number of nitrogens with zero attached hydrogens (tertiary/aromatic N) is 1. The van der Waals surface area contributed by atoms with Crippen LogP contribution in [0.5, 0.6) is 5.75 Å². The van der Waals surface area contributed by atoms with E-state index in [9.17, 15) is 9.90 Å². The van der Waals surface area contributed by atoms with Crippen molar-refractivity contribution in [3.05, 3.63) is 71.8 Å². The lowest BCUT2D eigenvalue weighted by molar-refractivity contribution is 0.0445. The van der Waals surface area contributed by atoms with Crippen LogP contribution in [-0.2, 0) is 0 Å². The maximum absolute atomic E-state index is 12.1. The van der Waals surface area contributed by atoms with Crippen molar-refractivity contribution in [3.8, 4) is 5.75 Å². The topological polar surface area (TPSA) is 49.8 Å². The van der Waals surface area contributed by atoms with Crippen molar-refractivity contribution in [1.82, 2.24) is 4.90 Å². The number of carbonyl (C=O) groups is 1. The second-order valence-corrected chi connectivity index (χ2v) is 7.48. The number of carbonyl (C=O) groups excluding carboxylic acids is 1. The molecule has 2 rings (SSSR count). The number of allylic oxidation sites excluding steroid dienone is 1. The van der Waals surface area contributed by atoms with Gasteiger partial charge in [-0.1, -0.05) is 48.5 Å². The largest absolute Gasteiger partial charge is 0.491 e. The summed E-state index contributed by atoms with van der Waals surface area (Å²) >= 11 is 0. The van der Waals surface area contributed by atoms with E-state index in [1.807, 2.05) is 42.5 Å². The van der Waals surface area contributed by atoms with E-state index in [2.05, 4.69) is 32.6 Å². The molecule has 150 valence electrons. The lowest BCUT2D eigenvalue weighted by Gasteiger charge is -2.32. The number of hydrogen-bond acceptors (Lipinski definition) is 4. The fraction of sp³-hybridized carbons (Fsp3) is 0.375. The highest BCUT2D eigenvalue weighted by Crippen LogP contribution is 2.15. The summed E-state index contributed by atoms with van der Waals surface area (Å²) in [5, 5.41) is 10.3. The van der Waals surface area contributed by atoms with Crippen LogP contribution in [0.2, 0.25) is 0 Å². The number of rotatable bonds is 10. The van der Waals surface area contributed by atoms with Crippen LogP contribution in [0.15, 0.2) is 60.7 Å². The van der Waals surface area contributed by atoms with Gasteiger partial charge in [0.25, 0.3) is 0 Å². The smallest absolute Gasteiger partial charge is 0.185 e. The number of hydrogen-bond donors (Lipinski definition) is 1. The number of ketones is 1. The highest BCUT2D eigenvalue weighted by Gasteiger charge is 2.17. The second kappa shape index (κ2) is 10.8. The number of benzene rings is 2. The molecule has 0 radical (unpaired) electrons. The fourth-order valence-corrected chi connectivity index (χ4v) is 3.05. The molecule has 4 heteroatoms. The number of ether oxygens (including phenoxy) is 1. The predicted molar refractivity (Wildman–Crippen MR) is 115 cm³/mol. The molecule has 0 spiro atoms. The van der Waals surface area contributed by atoms with Crippen LogP contribution in [0.25, 0.3) is 6.08 Å². The molecular formula is C24H31NO3. The van der Waals surface area contributed by atoms with E-state index in [-0.39, 0.29) is 12.4 Å². The van der Waals surface area contributed by atoms with Gasteiger partial charge in [0.15, 0.2) is 5.78 Å². The average Bonchev–Trinajstić information content (AvgIpc) is 2.69. The quantitative estimate of drug-likeness (QED) is 0.488. The van der Waals surface area contributed by atoms with Crippen molar-refractivity contribution in [3.63, 3.8) is 0 Å². The van der Waals surface area contributed by atoms with Crippen molar-refractivity contribution < 1.29 is 14.6 Å². The van der Waals surface area contributed by atoms with Crippen LogP contribution >= 0.6 is 0 Å². The van der Waals surface area contributed by atoms with Crippen molar-refractivity contribution in [2.45, 2.75) is 45.9 Å². The molecule has 0 bridgehead atoms. The van der Waals surface area contributed by atoms with Gasteiger partial charge in [0, 0.05) is 24.2 Å². The third kappa shape index (κ3) is 6.95. The van der Waals surface area contributed by atoms with E-state index in [0.717, 1.165) is 5.56 Å². The van der Waals surface area contributed by atoms with Gasteiger partial charge < -0.3 is 9.84 Å². The molecule has 2 aromatic rings. The first-order valence-corrected chi connectivity index (χ1v) is 9.81. The minimum atomic E-state index is -0.548. The Balaban J connectivity index is 1.85. The summed E-state index contributed by atoms with van der Waals surface area (Å²) < 4.78 is 5.71. The summed E-state index contributed by atoms with van der Waals surface area (Å²) in [4.78, 5) is 14.3. The average molecular weight is 382 g/mol. The molecule has 0 saturated carbocycles. The Morgan fingerprint density at radius 1 is 1.00 bits per heavy atom. The van der Waals surface area contributed by atoms with E-state index in [1.165, 1.54) is 0 Å². The normalized spacial score (nSPS) is 12.9. The Bertz CT molecular complexity index is 743. The minimum absolute atomic E-state index is 0.0242. The van der Waals surface area contributed by atoms with Gasteiger partial charge in [-0.3, -0.25) is 9.69 Å². The van der Waals surface area contributed by atoms with Gasteiger partial charge >= 0.3 is 0 Å². The molecule has 0 aliphatic heterocycles. The van der Waals surface area contributed by atoms with E-state index in [1.54, 1.807) is 24.3 Å². The zero-order chi connectivity index (χ0) is 20.5. The van der Waals surface area contributed by atoms with E-state index in [4.69, 9.17) is 4.74 Å². The summed E-state index contributed by atoms with van der Waals surface area (Å²) in [5.74, 6) is 0.676. The van der Waals surface area contributed by atoms with Crippen molar-refractivity contribution in [2.75, 3.05) is 13.2 Å². The molecule has 0 heterocycles. The Kier molecular flexibility index (Phi) is 8.42. The molecule has 28 heavy (non-hydrogen) atoms. The van der Waals surface area contributed by atoms with Gasteiger partial charge in [-0.25, -0.2) is 0 Å². The molecule has 1 N–H and O–H groups in total. The molecule has 4 nitrogen and oxygen atoms in total. The molecule has 0 saturated heterocycles. The van der Waals surface area contributed by atoms with Crippen LogP contribution < -0.4 is 4.74 Å². The molecule has 0 aromatic heterocycles. The SMILES string of the molecule is CC(C)N(CC(O)COc1ccc(/C=C/C(=O)c2ccccc2)cc1)C(C)C. The molecular weight excluding hydrogens is 350 g/mol. The molecule has 0 aliphatic rings. The molecule has 0 aliphatic carbocycles. The van der Waals surface area contributed by atoms with E-state index < -0.39 is 6.10 Å². The van der Waals surface area contributed by atoms with Crippen molar-refractivity contribution in [1.29, 1.82) is 0 Å². The maximum atomic E-state index is 12.1. The monoisotopic (exact) mass is 381 g/mol. The third-order valence-corrected chi connectivity index (χ3v) is 4.56. The minimum Gasteiger partial charge on any atom is -0.491 e. The van der Waals surface area contributed by atoms with Crippen LogP contribution in [0.3, 0.4) is 0 Å². The number of aliphatic hydroxyl groups excluding tert-OH is 1. The molecule has 2 aromatic carbocycles.